The van der Waals surface area contributed by atoms with Crippen LogP contribution in [0.2, 0.25) is 0 Å². The van der Waals surface area contributed by atoms with Gasteiger partial charge in [-0.05, 0) is 48.0 Å². The maximum Gasteiger partial charge on any atom is 0.328 e. The number of halogens is 1. The average Bonchev–Trinajstić information content (AvgIpc) is 3.40. The van der Waals surface area contributed by atoms with E-state index in [1.54, 1.807) is 32.4 Å². The molecule has 2 aromatic rings. The van der Waals surface area contributed by atoms with E-state index in [0.717, 1.165) is 6.42 Å². The van der Waals surface area contributed by atoms with Crippen molar-refractivity contribution in [3.8, 4) is 0 Å². The predicted molar refractivity (Wildman–Crippen MR) is 117 cm³/mol. The van der Waals surface area contributed by atoms with Crippen LogP contribution in [0.25, 0.3) is 0 Å². The summed E-state index contributed by atoms with van der Waals surface area (Å²) in [5.41, 5.74) is 6.28. The highest BCUT2D eigenvalue weighted by Gasteiger charge is 2.47. The van der Waals surface area contributed by atoms with Gasteiger partial charge in [0.25, 0.3) is 0 Å². The van der Waals surface area contributed by atoms with Crippen molar-refractivity contribution in [3.63, 3.8) is 0 Å². The minimum absolute atomic E-state index is 0.0140. The molecule has 11 heteroatoms. The molecule has 164 valence electrons. The minimum atomic E-state index is -0.361. The number of esters is 1. The topological polar surface area (TPSA) is 137 Å². The second-order valence-electron chi connectivity index (χ2n) is 8.03. The number of nitrogens with one attached hydrogen (secondary N) is 2. The van der Waals surface area contributed by atoms with Crippen molar-refractivity contribution in [2.75, 3.05) is 10.6 Å². The Morgan fingerprint density at radius 1 is 1.32 bits per heavy atom. The smallest absolute Gasteiger partial charge is 0.328 e. The molecule has 0 aromatic carbocycles. The van der Waals surface area contributed by atoms with Crippen molar-refractivity contribution in [2.45, 2.75) is 39.0 Å². The maximum absolute atomic E-state index is 12.0. The first-order valence-corrected chi connectivity index (χ1v) is 10.8. The summed E-state index contributed by atoms with van der Waals surface area (Å²) in [6, 6.07) is -0.110. The van der Waals surface area contributed by atoms with Crippen molar-refractivity contribution in [1.82, 2.24) is 19.7 Å². The quantitative estimate of drug-likeness (QED) is 0.379. The highest BCUT2D eigenvalue weighted by molar-refractivity contribution is 9.10. The SMILES string of the molecule is CC(C)OC(=O)Cn1cc(Nc2ncc(Br)c(N[C@@H]3[C@H](C(N)=O)[C@@H]4C=C[C@@H]3C4)n2)cn1. The fourth-order valence-corrected chi connectivity index (χ4v) is 4.47. The van der Waals surface area contributed by atoms with Gasteiger partial charge >= 0.3 is 5.97 Å². The highest BCUT2D eigenvalue weighted by Crippen LogP contribution is 2.45. The van der Waals surface area contributed by atoms with Gasteiger partial charge in [-0.2, -0.15) is 10.1 Å². The van der Waals surface area contributed by atoms with Crippen LogP contribution >= 0.6 is 15.9 Å². The van der Waals surface area contributed by atoms with Crippen molar-refractivity contribution >= 4 is 45.3 Å². The fourth-order valence-electron chi connectivity index (χ4n) is 4.17. The van der Waals surface area contributed by atoms with E-state index in [1.807, 2.05) is 0 Å². The first-order valence-electron chi connectivity index (χ1n) is 10.1. The molecule has 4 rings (SSSR count). The molecule has 0 saturated heterocycles. The van der Waals surface area contributed by atoms with Gasteiger partial charge in [0.15, 0.2) is 0 Å². The summed E-state index contributed by atoms with van der Waals surface area (Å²) < 4.78 is 7.28. The lowest BCUT2D eigenvalue weighted by molar-refractivity contribution is -0.148. The largest absolute Gasteiger partial charge is 0.462 e. The molecule has 1 saturated carbocycles. The summed E-state index contributed by atoms with van der Waals surface area (Å²) in [5.74, 6) is 0.404. The zero-order valence-corrected chi connectivity index (χ0v) is 18.7. The molecule has 2 aliphatic rings. The van der Waals surface area contributed by atoms with E-state index >= 15 is 0 Å². The summed E-state index contributed by atoms with van der Waals surface area (Å²) in [7, 11) is 0. The van der Waals surface area contributed by atoms with E-state index in [9.17, 15) is 9.59 Å². The van der Waals surface area contributed by atoms with Crippen molar-refractivity contribution in [3.05, 3.63) is 35.2 Å². The van der Waals surface area contributed by atoms with Gasteiger partial charge in [-0.1, -0.05) is 12.2 Å². The number of hydrogen-bond donors (Lipinski definition) is 3. The summed E-state index contributed by atoms with van der Waals surface area (Å²) in [5, 5.41) is 10.6. The molecule has 2 bridgehead atoms. The third-order valence-corrected chi connectivity index (χ3v) is 5.96. The van der Waals surface area contributed by atoms with Crippen LogP contribution in [0.4, 0.5) is 17.5 Å². The van der Waals surface area contributed by atoms with Crippen LogP contribution in [0.15, 0.2) is 35.2 Å². The number of primary amides is 1. The van der Waals surface area contributed by atoms with Crippen LogP contribution in [-0.2, 0) is 20.9 Å². The standard InChI is InChI=1S/C20H24BrN7O3/c1-10(2)31-15(29)9-28-8-13(6-24-28)25-20-23-7-14(21)19(27-20)26-17-12-4-3-11(5-12)16(17)18(22)30/h3-4,6-8,10-12,16-17H,5,9H2,1-2H3,(H2,22,30)(H2,23,25,26,27)/t11-,12-,16-,17+/m1/s1. The number of nitrogens with zero attached hydrogens (tertiary/aromatic N) is 4. The molecule has 2 aromatic heterocycles. The Balaban J connectivity index is 1.45. The number of anilines is 3. The number of aromatic nitrogens is 4. The Morgan fingerprint density at radius 2 is 2.10 bits per heavy atom. The predicted octanol–water partition coefficient (Wildman–Crippen LogP) is 2.22. The number of allylic oxidation sites excluding steroid dienone is 1. The summed E-state index contributed by atoms with van der Waals surface area (Å²) in [4.78, 5) is 32.6. The molecule has 31 heavy (non-hydrogen) atoms. The molecule has 1 amide bonds. The minimum Gasteiger partial charge on any atom is -0.462 e. The summed E-state index contributed by atoms with van der Waals surface area (Å²) in [6.45, 7) is 3.60. The monoisotopic (exact) mass is 489 g/mol. The molecule has 10 nitrogen and oxygen atoms in total. The lowest BCUT2D eigenvalue weighted by atomic mass is 9.88. The van der Waals surface area contributed by atoms with E-state index in [4.69, 9.17) is 10.5 Å². The zero-order valence-electron chi connectivity index (χ0n) is 17.2. The second kappa shape index (κ2) is 8.66. The molecule has 0 unspecified atom stereocenters. The molecule has 1 fully saturated rings. The number of carbonyl (C=O) groups is 2. The van der Waals surface area contributed by atoms with E-state index in [0.29, 0.717) is 21.9 Å². The van der Waals surface area contributed by atoms with Crippen molar-refractivity contribution in [1.29, 1.82) is 0 Å². The van der Waals surface area contributed by atoms with Crippen molar-refractivity contribution < 1.29 is 14.3 Å². The average molecular weight is 490 g/mol. The van der Waals surface area contributed by atoms with Gasteiger partial charge in [-0.15, -0.1) is 0 Å². The van der Waals surface area contributed by atoms with Crippen molar-refractivity contribution in [2.24, 2.45) is 23.5 Å². The molecule has 0 aliphatic heterocycles. The summed E-state index contributed by atoms with van der Waals surface area (Å²) >= 11 is 3.47. The molecule has 2 aliphatic carbocycles. The Kier molecular flexibility index (Phi) is 5.94. The number of hydrogen-bond acceptors (Lipinski definition) is 8. The van der Waals surface area contributed by atoms with Crippen LogP contribution in [-0.4, -0.2) is 43.8 Å². The van der Waals surface area contributed by atoms with E-state index in [-0.39, 0.29) is 48.3 Å². The molecular weight excluding hydrogens is 466 g/mol. The number of carbonyl (C=O) groups excluding carboxylic acids is 2. The number of fused-ring (bicyclic) bond motifs is 2. The Hall–Kier alpha value is -2.95. The lowest BCUT2D eigenvalue weighted by Crippen LogP contribution is -2.41. The molecule has 4 N–H and O–H groups in total. The first-order chi connectivity index (χ1) is 14.8. The van der Waals surface area contributed by atoms with Gasteiger partial charge in [0.05, 0.1) is 28.4 Å². The Labute approximate surface area is 187 Å². The lowest BCUT2D eigenvalue weighted by Gasteiger charge is -2.27. The molecule has 4 atom stereocenters. The normalized spacial score (nSPS) is 23.9. The molecule has 0 spiro atoms. The number of ether oxygens (including phenoxy) is 1. The zero-order chi connectivity index (χ0) is 22.1. The molecule has 2 heterocycles. The van der Waals surface area contributed by atoms with Gasteiger partial charge in [0, 0.05) is 18.4 Å². The number of rotatable bonds is 8. The van der Waals surface area contributed by atoms with Gasteiger partial charge < -0.3 is 21.1 Å². The third-order valence-electron chi connectivity index (χ3n) is 5.38. The molecular formula is C20H24BrN7O3. The van der Waals surface area contributed by atoms with E-state index in [2.05, 4.69) is 53.8 Å². The van der Waals surface area contributed by atoms with Gasteiger partial charge in [-0.3, -0.25) is 14.3 Å². The summed E-state index contributed by atoms with van der Waals surface area (Å²) in [6.07, 6.45) is 9.82. The van der Waals surface area contributed by atoms with Gasteiger partial charge in [-0.25, -0.2) is 4.98 Å². The van der Waals surface area contributed by atoms with Crippen LogP contribution in [0.3, 0.4) is 0 Å². The number of amides is 1. The third kappa shape index (κ3) is 4.71. The first kappa shape index (κ1) is 21.3. The van der Waals surface area contributed by atoms with E-state index < -0.39 is 0 Å². The van der Waals surface area contributed by atoms with Gasteiger partial charge in [0.1, 0.15) is 12.4 Å². The van der Waals surface area contributed by atoms with E-state index in [1.165, 1.54) is 4.68 Å². The van der Waals surface area contributed by atoms with Crippen LogP contribution in [0.5, 0.6) is 0 Å². The van der Waals surface area contributed by atoms with Crippen LogP contribution in [0, 0.1) is 17.8 Å². The highest BCUT2D eigenvalue weighted by atomic mass is 79.9. The molecule has 0 radical (unpaired) electrons. The fraction of sp³-hybridized carbons (Fsp3) is 0.450. The van der Waals surface area contributed by atoms with Gasteiger partial charge in [0.2, 0.25) is 11.9 Å². The second-order valence-corrected chi connectivity index (χ2v) is 8.88. The Bertz CT molecular complexity index is 1020. The Morgan fingerprint density at radius 3 is 2.84 bits per heavy atom. The maximum atomic E-state index is 12.0. The van der Waals surface area contributed by atoms with Crippen LogP contribution in [0.1, 0.15) is 20.3 Å². The van der Waals surface area contributed by atoms with Crippen LogP contribution < -0.4 is 16.4 Å². The number of nitrogens with two attached hydrogens (primary N) is 1.